The van der Waals surface area contributed by atoms with Crippen molar-refractivity contribution in [2.45, 2.75) is 63.3 Å². The van der Waals surface area contributed by atoms with Gasteiger partial charge in [-0.1, -0.05) is 34.8 Å². The average Bonchev–Trinajstić information content (AvgIpc) is 3.30. The Labute approximate surface area is 135 Å². The van der Waals surface area contributed by atoms with Gasteiger partial charge in [-0.25, -0.2) is 0 Å². The third-order valence-electron chi connectivity index (χ3n) is 4.78. The lowest BCUT2D eigenvalue weighted by atomic mass is 9.91. The standard InChI is InChI=1S/C17H25BrN2O/c1-20(15-4-2-3-5-17(15)21)16-10-13(18)7-6-12(16)11-19-14-8-9-14/h6-7,10,14-15,17,19,21H,2-5,8-9,11H2,1H3. The number of nitrogens with zero attached hydrogens (tertiary/aromatic N) is 1. The molecule has 1 aromatic rings. The Morgan fingerprint density at radius 2 is 2.00 bits per heavy atom. The Kier molecular flexibility index (Phi) is 4.87. The number of hydrogen-bond donors (Lipinski definition) is 2. The lowest BCUT2D eigenvalue weighted by Gasteiger charge is -2.37. The van der Waals surface area contributed by atoms with Crippen LogP contribution in [0.3, 0.4) is 0 Å². The number of nitrogens with one attached hydrogen (secondary N) is 1. The van der Waals surface area contributed by atoms with Crippen LogP contribution in [0, 0.1) is 0 Å². The first kappa shape index (κ1) is 15.3. The van der Waals surface area contributed by atoms with Crippen LogP contribution in [-0.2, 0) is 6.54 Å². The first-order chi connectivity index (χ1) is 10.1. The molecular formula is C17H25BrN2O. The number of rotatable bonds is 5. The van der Waals surface area contributed by atoms with Crippen molar-refractivity contribution in [1.29, 1.82) is 0 Å². The molecule has 0 heterocycles. The zero-order valence-electron chi connectivity index (χ0n) is 12.7. The summed E-state index contributed by atoms with van der Waals surface area (Å²) < 4.78 is 1.10. The van der Waals surface area contributed by atoms with E-state index in [0.717, 1.165) is 30.3 Å². The van der Waals surface area contributed by atoms with Crippen LogP contribution in [0.4, 0.5) is 5.69 Å². The van der Waals surface area contributed by atoms with E-state index in [9.17, 15) is 5.11 Å². The van der Waals surface area contributed by atoms with Crippen molar-refractivity contribution in [3.8, 4) is 0 Å². The molecule has 2 N–H and O–H groups in total. The molecule has 0 spiro atoms. The van der Waals surface area contributed by atoms with E-state index in [4.69, 9.17) is 0 Å². The van der Waals surface area contributed by atoms with Gasteiger partial charge in [0, 0.05) is 29.8 Å². The van der Waals surface area contributed by atoms with Gasteiger partial charge in [-0.05, 0) is 43.4 Å². The molecule has 3 nitrogen and oxygen atoms in total. The number of aliphatic hydroxyl groups excluding tert-OH is 1. The summed E-state index contributed by atoms with van der Waals surface area (Å²) in [6, 6.07) is 7.45. The summed E-state index contributed by atoms with van der Waals surface area (Å²) in [7, 11) is 2.13. The predicted octanol–water partition coefficient (Wildman–Crippen LogP) is 3.44. The maximum absolute atomic E-state index is 10.3. The molecule has 21 heavy (non-hydrogen) atoms. The van der Waals surface area contributed by atoms with Crippen molar-refractivity contribution in [2.24, 2.45) is 0 Å². The van der Waals surface area contributed by atoms with Crippen LogP contribution in [0.25, 0.3) is 0 Å². The summed E-state index contributed by atoms with van der Waals surface area (Å²) in [6.45, 7) is 0.917. The maximum atomic E-state index is 10.3. The summed E-state index contributed by atoms with van der Waals surface area (Å²) in [4.78, 5) is 2.29. The topological polar surface area (TPSA) is 35.5 Å². The molecule has 116 valence electrons. The molecule has 2 atom stereocenters. The predicted molar refractivity (Wildman–Crippen MR) is 90.7 cm³/mol. The van der Waals surface area contributed by atoms with Gasteiger partial charge < -0.3 is 15.3 Å². The molecule has 0 radical (unpaired) electrons. The van der Waals surface area contributed by atoms with E-state index >= 15 is 0 Å². The van der Waals surface area contributed by atoms with Crippen molar-refractivity contribution in [1.82, 2.24) is 5.32 Å². The van der Waals surface area contributed by atoms with Gasteiger partial charge in [0.15, 0.2) is 0 Å². The maximum Gasteiger partial charge on any atom is 0.0743 e. The van der Waals surface area contributed by atoms with Crippen LogP contribution in [0.5, 0.6) is 0 Å². The highest BCUT2D eigenvalue weighted by Crippen LogP contribution is 2.31. The van der Waals surface area contributed by atoms with Crippen LogP contribution in [-0.4, -0.2) is 30.3 Å². The van der Waals surface area contributed by atoms with Gasteiger partial charge in [0.25, 0.3) is 0 Å². The lowest BCUT2D eigenvalue weighted by Crippen LogP contribution is -2.44. The van der Waals surface area contributed by atoms with Crippen LogP contribution in [0.1, 0.15) is 44.1 Å². The van der Waals surface area contributed by atoms with Crippen molar-refractivity contribution >= 4 is 21.6 Å². The minimum atomic E-state index is -0.202. The average molecular weight is 353 g/mol. The van der Waals surface area contributed by atoms with Crippen molar-refractivity contribution in [3.05, 3.63) is 28.2 Å². The van der Waals surface area contributed by atoms with Crippen molar-refractivity contribution in [2.75, 3.05) is 11.9 Å². The van der Waals surface area contributed by atoms with E-state index in [1.165, 1.54) is 30.5 Å². The molecule has 2 aliphatic carbocycles. The smallest absolute Gasteiger partial charge is 0.0743 e. The largest absolute Gasteiger partial charge is 0.391 e. The third kappa shape index (κ3) is 3.79. The molecular weight excluding hydrogens is 328 g/mol. The zero-order chi connectivity index (χ0) is 14.8. The monoisotopic (exact) mass is 352 g/mol. The van der Waals surface area contributed by atoms with Crippen LogP contribution >= 0.6 is 15.9 Å². The Bertz CT molecular complexity index is 490. The van der Waals surface area contributed by atoms with E-state index in [-0.39, 0.29) is 12.1 Å². The fraction of sp³-hybridized carbons (Fsp3) is 0.647. The molecule has 2 unspecified atom stereocenters. The fourth-order valence-corrected chi connectivity index (χ4v) is 3.63. The number of aliphatic hydroxyl groups is 1. The van der Waals surface area contributed by atoms with Gasteiger partial charge in [0.05, 0.1) is 12.1 Å². The van der Waals surface area contributed by atoms with Crippen LogP contribution < -0.4 is 10.2 Å². The van der Waals surface area contributed by atoms with Gasteiger partial charge >= 0.3 is 0 Å². The van der Waals surface area contributed by atoms with E-state index in [1.54, 1.807) is 0 Å². The molecule has 4 heteroatoms. The molecule has 2 aliphatic rings. The zero-order valence-corrected chi connectivity index (χ0v) is 14.3. The minimum Gasteiger partial charge on any atom is -0.391 e. The molecule has 3 rings (SSSR count). The summed E-state index contributed by atoms with van der Waals surface area (Å²) in [6.07, 6.45) is 6.80. The highest BCUT2D eigenvalue weighted by molar-refractivity contribution is 9.10. The Balaban J connectivity index is 1.78. The molecule has 0 aliphatic heterocycles. The van der Waals surface area contributed by atoms with E-state index in [0.29, 0.717) is 6.04 Å². The SMILES string of the molecule is CN(c1cc(Br)ccc1CNC1CC1)C1CCCCC1O. The van der Waals surface area contributed by atoms with Crippen LogP contribution in [0.15, 0.2) is 22.7 Å². The Hall–Kier alpha value is -0.580. The quantitative estimate of drug-likeness (QED) is 0.851. The Morgan fingerprint density at radius 3 is 2.71 bits per heavy atom. The third-order valence-corrected chi connectivity index (χ3v) is 5.27. The molecule has 0 saturated heterocycles. The van der Waals surface area contributed by atoms with Gasteiger partial charge in [-0.15, -0.1) is 0 Å². The summed E-state index contributed by atoms with van der Waals surface area (Å²) in [5.74, 6) is 0. The van der Waals surface area contributed by atoms with Gasteiger partial charge in [0.1, 0.15) is 0 Å². The molecule has 2 fully saturated rings. The molecule has 2 saturated carbocycles. The molecule has 0 aromatic heterocycles. The molecule has 0 amide bonds. The van der Waals surface area contributed by atoms with E-state index in [1.807, 2.05) is 0 Å². The molecule has 1 aromatic carbocycles. The number of halogens is 1. The second-order valence-corrected chi connectivity index (χ2v) is 7.37. The molecule has 0 bridgehead atoms. The second-order valence-electron chi connectivity index (χ2n) is 6.46. The van der Waals surface area contributed by atoms with Gasteiger partial charge in [0.2, 0.25) is 0 Å². The number of likely N-dealkylation sites (N-methyl/N-ethyl adjacent to an activating group) is 1. The van der Waals surface area contributed by atoms with Gasteiger partial charge in [-0.3, -0.25) is 0 Å². The van der Waals surface area contributed by atoms with Crippen molar-refractivity contribution < 1.29 is 5.11 Å². The highest BCUT2D eigenvalue weighted by atomic mass is 79.9. The highest BCUT2D eigenvalue weighted by Gasteiger charge is 2.28. The number of hydrogen-bond acceptors (Lipinski definition) is 3. The summed E-state index contributed by atoms with van der Waals surface area (Å²) in [5, 5.41) is 13.9. The number of benzene rings is 1. The first-order valence-electron chi connectivity index (χ1n) is 8.08. The fourth-order valence-electron chi connectivity index (χ4n) is 3.28. The minimum absolute atomic E-state index is 0.202. The summed E-state index contributed by atoms with van der Waals surface area (Å²) in [5.41, 5.74) is 2.56. The first-order valence-corrected chi connectivity index (χ1v) is 8.87. The van der Waals surface area contributed by atoms with Crippen molar-refractivity contribution in [3.63, 3.8) is 0 Å². The van der Waals surface area contributed by atoms with Crippen LogP contribution in [0.2, 0.25) is 0 Å². The number of anilines is 1. The van der Waals surface area contributed by atoms with E-state index < -0.39 is 0 Å². The lowest BCUT2D eigenvalue weighted by molar-refractivity contribution is 0.106. The second kappa shape index (κ2) is 6.67. The van der Waals surface area contributed by atoms with Gasteiger partial charge in [-0.2, -0.15) is 0 Å². The summed E-state index contributed by atoms with van der Waals surface area (Å²) >= 11 is 3.59. The normalized spacial score (nSPS) is 25.9. The Morgan fingerprint density at radius 1 is 1.24 bits per heavy atom. The van der Waals surface area contributed by atoms with E-state index in [2.05, 4.69) is 51.4 Å².